The summed E-state index contributed by atoms with van der Waals surface area (Å²) < 4.78 is 8.28. The number of nitrogens with one attached hydrogen (secondary N) is 1. The molecular weight excluding hydrogens is 494 g/mol. The number of aromatic amines is 1. The monoisotopic (exact) mass is 513 g/mol. The zero-order chi connectivity index (χ0) is 25.5. The molecule has 1 aliphatic heterocycles. The average molecular weight is 514 g/mol. The van der Waals surface area contributed by atoms with Crippen molar-refractivity contribution in [2.45, 2.75) is 18.9 Å². The van der Waals surface area contributed by atoms with Crippen molar-refractivity contribution in [1.29, 1.82) is 0 Å². The molecule has 0 radical (unpaired) electrons. The summed E-state index contributed by atoms with van der Waals surface area (Å²) in [5.41, 5.74) is 10.9. The van der Waals surface area contributed by atoms with Gasteiger partial charge in [-0.2, -0.15) is 4.68 Å². The van der Waals surface area contributed by atoms with Crippen LogP contribution in [0.15, 0.2) is 77.9 Å². The predicted molar refractivity (Wildman–Crippen MR) is 137 cm³/mol. The number of rotatable bonds is 5. The number of carbonyl (C=O) groups excluding carboxylic acids is 1. The molecule has 0 bridgehead atoms. The second-order valence-corrected chi connectivity index (χ2v) is 9.12. The van der Waals surface area contributed by atoms with Crippen molar-refractivity contribution in [3.05, 3.63) is 99.8 Å². The lowest BCUT2D eigenvalue weighted by atomic mass is 10.0. The highest BCUT2D eigenvalue weighted by Crippen LogP contribution is 2.35. The van der Waals surface area contributed by atoms with Crippen molar-refractivity contribution in [2.24, 2.45) is 5.73 Å². The van der Waals surface area contributed by atoms with Gasteiger partial charge in [-0.05, 0) is 95.1 Å². The number of primary amides is 1. The van der Waals surface area contributed by atoms with Crippen molar-refractivity contribution in [1.82, 2.24) is 29.8 Å². The Balaban J connectivity index is 1.32. The fraction of sp³-hybridized carbons (Fsp3) is 0.115. The lowest BCUT2D eigenvalue weighted by Gasteiger charge is -2.15. The van der Waals surface area contributed by atoms with Crippen LogP contribution in [0.4, 0.5) is 4.79 Å². The lowest BCUT2D eigenvalue weighted by molar-refractivity contribution is 0.211. The molecule has 184 valence electrons. The lowest BCUT2D eigenvalue weighted by Crippen LogP contribution is -2.23. The third kappa shape index (κ3) is 4.27. The molecule has 0 fully saturated rings. The van der Waals surface area contributed by atoms with Gasteiger partial charge < -0.3 is 20.0 Å². The summed E-state index contributed by atoms with van der Waals surface area (Å²) in [4.78, 5) is 27.8. The number of ether oxygens (including phenoxy) is 1. The van der Waals surface area contributed by atoms with Crippen molar-refractivity contribution >= 4 is 17.7 Å². The zero-order valence-corrected chi connectivity index (χ0v) is 20.1. The Bertz CT molecular complexity index is 1670. The smallest absolute Gasteiger partial charge is 0.409 e. The van der Waals surface area contributed by atoms with Gasteiger partial charge in [0, 0.05) is 33.7 Å². The number of nitrogens with zero attached hydrogens (tertiary/aromatic N) is 5. The summed E-state index contributed by atoms with van der Waals surface area (Å²) in [6.45, 7) is 0. The number of carbonyl (C=O) groups is 1. The standard InChI is InChI=1S/C26H20ClN7O3/c27-17-3-9-23(33-14-29-31-32-33)20(13-17)16-11-18-4-10-24(34(18)25(35)12-16)22-8-7-21(30-22)15-1-5-19(6-2-15)37-26(28)36/h1-3,5-9,11-14,24,30H,4,10H2,(H2,28,36)/t24-/m0/s1. The Morgan fingerprint density at radius 2 is 1.89 bits per heavy atom. The quantitative estimate of drug-likeness (QED) is 0.363. The van der Waals surface area contributed by atoms with E-state index in [1.54, 1.807) is 28.9 Å². The number of pyridine rings is 1. The molecule has 0 saturated carbocycles. The SMILES string of the molecule is NC(=O)Oc1ccc(-c2ccc([C@@H]3CCc4cc(-c5cc(Cl)ccc5-n5cnnn5)cc(=O)n43)[nH]2)cc1. The van der Waals surface area contributed by atoms with Gasteiger partial charge in [0.25, 0.3) is 5.56 Å². The molecule has 1 aliphatic rings. The number of nitrogens with two attached hydrogens (primary N) is 1. The third-order valence-electron chi connectivity index (χ3n) is 6.45. The molecule has 6 rings (SSSR count). The molecule has 5 aromatic rings. The van der Waals surface area contributed by atoms with E-state index in [4.69, 9.17) is 22.1 Å². The molecule has 0 aliphatic carbocycles. The van der Waals surface area contributed by atoms with Crippen LogP contribution >= 0.6 is 11.6 Å². The predicted octanol–water partition coefficient (Wildman–Crippen LogP) is 4.13. The fourth-order valence-corrected chi connectivity index (χ4v) is 5.02. The van der Waals surface area contributed by atoms with Crippen LogP contribution in [-0.2, 0) is 6.42 Å². The Morgan fingerprint density at radius 1 is 1.05 bits per heavy atom. The first kappa shape index (κ1) is 22.7. The Morgan fingerprint density at radius 3 is 2.65 bits per heavy atom. The zero-order valence-electron chi connectivity index (χ0n) is 19.3. The third-order valence-corrected chi connectivity index (χ3v) is 6.69. The largest absolute Gasteiger partial charge is 0.411 e. The second kappa shape index (κ2) is 9.07. The summed E-state index contributed by atoms with van der Waals surface area (Å²) in [5, 5.41) is 12.0. The highest BCUT2D eigenvalue weighted by atomic mass is 35.5. The van der Waals surface area contributed by atoms with E-state index in [-0.39, 0.29) is 11.6 Å². The van der Waals surface area contributed by atoms with Crippen molar-refractivity contribution in [3.8, 4) is 33.8 Å². The van der Waals surface area contributed by atoms with Gasteiger partial charge in [0.05, 0.1) is 11.7 Å². The molecule has 2 aromatic carbocycles. The number of amides is 1. The van der Waals surface area contributed by atoms with Crippen molar-refractivity contribution < 1.29 is 9.53 Å². The van der Waals surface area contributed by atoms with Gasteiger partial charge >= 0.3 is 6.09 Å². The van der Waals surface area contributed by atoms with E-state index >= 15 is 0 Å². The molecule has 0 saturated heterocycles. The Kier molecular flexibility index (Phi) is 5.57. The van der Waals surface area contributed by atoms with Gasteiger partial charge in [-0.1, -0.05) is 11.6 Å². The van der Waals surface area contributed by atoms with Crippen LogP contribution < -0.4 is 16.0 Å². The van der Waals surface area contributed by atoms with E-state index in [0.717, 1.165) is 52.3 Å². The number of fused-ring (bicyclic) bond motifs is 1. The average Bonchev–Trinajstić information content (AvgIpc) is 3.65. The van der Waals surface area contributed by atoms with E-state index in [0.29, 0.717) is 10.8 Å². The summed E-state index contributed by atoms with van der Waals surface area (Å²) in [6.07, 6.45) is 2.19. The maximum Gasteiger partial charge on any atom is 0.409 e. The number of H-pyrrole nitrogens is 1. The first-order chi connectivity index (χ1) is 18.0. The highest BCUT2D eigenvalue weighted by Gasteiger charge is 2.27. The molecule has 37 heavy (non-hydrogen) atoms. The van der Waals surface area contributed by atoms with Gasteiger partial charge in [0.2, 0.25) is 0 Å². The summed E-state index contributed by atoms with van der Waals surface area (Å²) in [5.74, 6) is 0.373. The molecule has 0 spiro atoms. The number of aryl methyl sites for hydroxylation is 1. The first-order valence-electron chi connectivity index (χ1n) is 11.5. The highest BCUT2D eigenvalue weighted by molar-refractivity contribution is 6.31. The molecule has 1 atom stereocenters. The maximum absolute atomic E-state index is 13.4. The molecule has 3 N–H and O–H groups in total. The van der Waals surface area contributed by atoms with E-state index in [9.17, 15) is 9.59 Å². The topological polar surface area (TPSA) is 134 Å². The summed E-state index contributed by atoms with van der Waals surface area (Å²) >= 11 is 6.30. The molecule has 11 heteroatoms. The maximum atomic E-state index is 13.4. The molecule has 0 unspecified atom stereocenters. The number of halogens is 1. The summed E-state index contributed by atoms with van der Waals surface area (Å²) in [7, 11) is 0. The minimum Gasteiger partial charge on any atom is -0.411 e. The van der Waals surface area contributed by atoms with E-state index < -0.39 is 6.09 Å². The van der Waals surface area contributed by atoms with Gasteiger partial charge in [-0.3, -0.25) is 4.79 Å². The minimum atomic E-state index is -0.856. The molecule has 4 heterocycles. The fourth-order valence-electron chi connectivity index (χ4n) is 4.85. The Labute approximate surface area is 215 Å². The minimum absolute atomic E-state index is 0.0956. The van der Waals surface area contributed by atoms with E-state index in [1.165, 1.54) is 6.33 Å². The van der Waals surface area contributed by atoms with Crippen LogP contribution in [0.25, 0.3) is 28.1 Å². The first-order valence-corrected chi connectivity index (χ1v) is 11.9. The molecule has 1 amide bonds. The number of benzene rings is 2. The van der Waals surface area contributed by atoms with Crippen LogP contribution in [0.1, 0.15) is 23.9 Å². The number of aromatic nitrogens is 6. The molecular formula is C26H20ClN7O3. The van der Waals surface area contributed by atoms with Crippen LogP contribution in [0.3, 0.4) is 0 Å². The van der Waals surface area contributed by atoms with Crippen LogP contribution in [0, 0.1) is 0 Å². The van der Waals surface area contributed by atoms with Crippen LogP contribution in [-0.4, -0.2) is 35.9 Å². The van der Waals surface area contributed by atoms with Crippen LogP contribution in [0.5, 0.6) is 5.75 Å². The molecule has 10 nitrogen and oxygen atoms in total. The second-order valence-electron chi connectivity index (χ2n) is 8.69. The van der Waals surface area contributed by atoms with Gasteiger partial charge in [0.1, 0.15) is 12.1 Å². The van der Waals surface area contributed by atoms with Crippen molar-refractivity contribution in [2.75, 3.05) is 0 Å². The van der Waals surface area contributed by atoms with Gasteiger partial charge in [-0.25, -0.2) is 4.79 Å². The number of tetrazole rings is 1. The van der Waals surface area contributed by atoms with E-state index in [2.05, 4.69) is 20.5 Å². The van der Waals surface area contributed by atoms with Gasteiger partial charge in [0.15, 0.2) is 0 Å². The van der Waals surface area contributed by atoms with Crippen LogP contribution in [0.2, 0.25) is 5.02 Å². The van der Waals surface area contributed by atoms with Crippen molar-refractivity contribution in [3.63, 3.8) is 0 Å². The number of hydrogen-bond acceptors (Lipinski definition) is 6. The van der Waals surface area contributed by atoms with E-state index in [1.807, 2.05) is 47.0 Å². The molecule has 3 aromatic heterocycles. The normalized spacial score (nSPS) is 14.5. The number of hydrogen-bond donors (Lipinski definition) is 2. The summed E-state index contributed by atoms with van der Waals surface area (Å²) in [6, 6.07) is 19.9. The van der Waals surface area contributed by atoms with Gasteiger partial charge in [-0.15, -0.1) is 5.10 Å². The Hall–Kier alpha value is -4.70.